The van der Waals surface area contributed by atoms with E-state index in [-0.39, 0.29) is 0 Å². The first-order chi connectivity index (χ1) is 9.40. The minimum absolute atomic E-state index is 0.410. The van der Waals surface area contributed by atoms with Crippen molar-refractivity contribution in [2.24, 2.45) is 0 Å². The molecule has 0 spiro atoms. The Morgan fingerprint density at radius 3 is 1.60 bits per heavy atom. The molecule has 0 unspecified atom stereocenters. The van der Waals surface area contributed by atoms with Gasteiger partial charge in [0.2, 0.25) is 0 Å². The highest BCUT2D eigenvalue weighted by atomic mass is 35.5. The molecule has 2 aromatic carbocycles. The van der Waals surface area contributed by atoms with Crippen molar-refractivity contribution in [2.45, 2.75) is 0 Å². The van der Waals surface area contributed by atoms with Crippen LogP contribution in [0.15, 0.2) is 48.5 Å². The highest BCUT2D eigenvalue weighted by Gasteiger charge is 2.09. The molecule has 0 radical (unpaired) electrons. The van der Waals surface area contributed by atoms with Gasteiger partial charge in [-0.15, -0.1) is 0 Å². The molecule has 2 aromatic rings. The Hall–Kier alpha value is -1.01. The maximum atomic E-state index is 8.65. The zero-order valence-corrected chi connectivity index (χ0v) is 11.8. The van der Waals surface area contributed by atoms with E-state index in [9.17, 15) is 0 Å². The molecule has 0 atom stereocenters. The molecule has 0 bridgehead atoms. The summed E-state index contributed by atoms with van der Waals surface area (Å²) < 4.78 is 0. The third-order valence-electron chi connectivity index (χ3n) is 2.31. The Kier molecular flexibility index (Phi) is 7.09. The van der Waals surface area contributed by atoms with E-state index in [4.69, 9.17) is 43.3 Å². The average Bonchev–Trinajstić information content (AvgIpc) is 2.40. The fraction of sp³-hybridized carbons (Fsp3) is 0. The summed E-state index contributed by atoms with van der Waals surface area (Å²) in [7, 11) is -2.84. The molecule has 0 fully saturated rings. The molecular weight excluding hydrogens is 301 g/mol. The smallest absolute Gasteiger partial charge is 0.423 e. The Morgan fingerprint density at radius 1 is 0.650 bits per heavy atom. The van der Waals surface area contributed by atoms with E-state index >= 15 is 0 Å². The molecule has 0 aliphatic carbocycles. The molecule has 0 heterocycles. The Balaban J connectivity index is 0.000000200. The molecule has 0 saturated carbocycles. The molecule has 104 valence electrons. The van der Waals surface area contributed by atoms with Crippen molar-refractivity contribution in [3.63, 3.8) is 0 Å². The van der Waals surface area contributed by atoms with Gasteiger partial charge >= 0.3 is 14.2 Å². The van der Waals surface area contributed by atoms with E-state index < -0.39 is 14.2 Å². The van der Waals surface area contributed by atoms with Gasteiger partial charge in [-0.05, 0) is 35.2 Å². The van der Waals surface area contributed by atoms with Gasteiger partial charge in [-0.25, -0.2) is 0 Å². The molecule has 4 N–H and O–H groups in total. The monoisotopic (exact) mass is 312 g/mol. The second-order valence-electron chi connectivity index (χ2n) is 3.85. The maximum absolute atomic E-state index is 8.65. The van der Waals surface area contributed by atoms with Gasteiger partial charge in [0.1, 0.15) is 0 Å². The fourth-order valence-corrected chi connectivity index (χ4v) is 1.63. The van der Waals surface area contributed by atoms with Crippen LogP contribution in [0, 0.1) is 0 Å². The molecule has 2 rings (SSSR count). The molecule has 8 heteroatoms. The van der Waals surface area contributed by atoms with Crippen molar-refractivity contribution in [3.05, 3.63) is 58.6 Å². The lowest BCUT2D eigenvalue weighted by Gasteiger charge is -1.97. The Morgan fingerprint density at radius 2 is 1.20 bits per heavy atom. The lowest BCUT2D eigenvalue weighted by atomic mass is 9.81. The molecule has 0 saturated heterocycles. The van der Waals surface area contributed by atoms with Crippen LogP contribution >= 0.6 is 23.2 Å². The van der Waals surface area contributed by atoms with E-state index in [1.54, 1.807) is 42.5 Å². The minimum Gasteiger partial charge on any atom is -0.423 e. The van der Waals surface area contributed by atoms with Crippen LogP contribution in [0.4, 0.5) is 0 Å². The first-order valence-electron chi connectivity index (χ1n) is 5.63. The van der Waals surface area contributed by atoms with Crippen LogP contribution in [0.1, 0.15) is 0 Å². The van der Waals surface area contributed by atoms with Crippen LogP contribution in [-0.2, 0) is 0 Å². The maximum Gasteiger partial charge on any atom is 0.488 e. The summed E-state index contributed by atoms with van der Waals surface area (Å²) in [5.74, 6) is 0. The minimum atomic E-state index is -1.43. The third kappa shape index (κ3) is 5.96. The molecule has 0 aromatic heterocycles. The SMILES string of the molecule is OB(O)c1ccc(Cl)cc1.OB(O)c1cccc(Cl)c1. The van der Waals surface area contributed by atoms with Crippen LogP contribution in [-0.4, -0.2) is 34.3 Å². The molecule has 0 aliphatic rings. The van der Waals surface area contributed by atoms with Crippen molar-refractivity contribution < 1.29 is 20.1 Å². The van der Waals surface area contributed by atoms with E-state index in [0.29, 0.717) is 21.0 Å². The number of rotatable bonds is 2. The molecule has 4 nitrogen and oxygen atoms in total. The first-order valence-corrected chi connectivity index (χ1v) is 6.39. The highest BCUT2D eigenvalue weighted by molar-refractivity contribution is 6.59. The van der Waals surface area contributed by atoms with E-state index in [0.717, 1.165) is 0 Å². The van der Waals surface area contributed by atoms with Crippen molar-refractivity contribution >= 4 is 48.4 Å². The van der Waals surface area contributed by atoms with Crippen LogP contribution < -0.4 is 10.9 Å². The van der Waals surface area contributed by atoms with Crippen LogP contribution in [0.2, 0.25) is 10.0 Å². The largest absolute Gasteiger partial charge is 0.488 e. The molecule has 0 aliphatic heterocycles. The summed E-state index contributed by atoms with van der Waals surface area (Å²) in [6.07, 6.45) is 0. The van der Waals surface area contributed by atoms with Crippen molar-refractivity contribution in [2.75, 3.05) is 0 Å². The summed E-state index contributed by atoms with van der Waals surface area (Å²) >= 11 is 11.1. The first kappa shape index (κ1) is 17.0. The predicted molar refractivity (Wildman–Crippen MR) is 82.6 cm³/mol. The molecular formula is C12H12B2Cl2O4. The summed E-state index contributed by atoms with van der Waals surface area (Å²) in [5, 5.41) is 35.6. The Bertz CT molecular complexity index is 535. The molecule has 20 heavy (non-hydrogen) atoms. The van der Waals surface area contributed by atoms with Crippen LogP contribution in [0.25, 0.3) is 0 Å². The zero-order chi connectivity index (χ0) is 15.1. The van der Waals surface area contributed by atoms with Gasteiger partial charge in [-0.1, -0.05) is 47.5 Å². The summed E-state index contributed by atoms with van der Waals surface area (Å²) in [6, 6.07) is 12.8. The van der Waals surface area contributed by atoms with E-state index in [1.807, 2.05) is 0 Å². The summed E-state index contributed by atoms with van der Waals surface area (Å²) in [5.41, 5.74) is 0.858. The van der Waals surface area contributed by atoms with Crippen LogP contribution in [0.5, 0.6) is 0 Å². The van der Waals surface area contributed by atoms with Crippen molar-refractivity contribution in [3.8, 4) is 0 Å². The Labute approximate surface area is 127 Å². The third-order valence-corrected chi connectivity index (χ3v) is 2.80. The van der Waals surface area contributed by atoms with Crippen molar-refractivity contribution in [1.29, 1.82) is 0 Å². The fourth-order valence-electron chi connectivity index (χ4n) is 1.30. The number of hydrogen-bond acceptors (Lipinski definition) is 4. The number of benzene rings is 2. The molecule has 0 amide bonds. The summed E-state index contributed by atoms with van der Waals surface area (Å²) in [4.78, 5) is 0. The number of halogens is 2. The second kappa shape index (κ2) is 8.32. The average molecular weight is 313 g/mol. The lowest BCUT2D eigenvalue weighted by Crippen LogP contribution is -2.29. The van der Waals surface area contributed by atoms with E-state index in [1.165, 1.54) is 6.07 Å². The van der Waals surface area contributed by atoms with Gasteiger partial charge in [-0.3, -0.25) is 0 Å². The van der Waals surface area contributed by atoms with E-state index in [2.05, 4.69) is 0 Å². The number of hydrogen-bond donors (Lipinski definition) is 4. The lowest BCUT2D eigenvalue weighted by molar-refractivity contribution is 0.424. The highest BCUT2D eigenvalue weighted by Crippen LogP contribution is 2.04. The van der Waals surface area contributed by atoms with Gasteiger partial charge in [0.25, 0.3) is 0 Å². The van der Waals surface area contributed by atoms with Gasteiger partial charge in [0.05, 0.1) is 0 Å². The summed E-state index contributed by atoms with van der Waals surface area (Å²) in [6.45, 7) is 0. The van der Waals surface area contributed by atoms with Gasteiger partial charge in [0.15, 0.2) is 0 Å². The zero-order valence-electron chi connectivity index (χ0n) is 10.3. The van der Waals surface area contributed by atoms with Gasteiger partial charge < -0.3 is 20.1 Å². The topological polar surface area (TPSA) is 80.9 Å². The van der Waals surface area contributed by atoms with Crippen molar-refractivity contribution in [1.82, 2.24) is 0 Å². The quantitative estimate of drug-likeness (QED) is 0.590. The van der Waals surface area contributed by atoms with Gasteiger partial charge in [0, 0.05) is 10.0 Å². The standard InChI is InChI=1S/2C6H6BClO2/c8-6-3-1-5(2-4-6)7(9)10;8-6-3-1-2-5(4-6)7(9)10/h2*1-4,9-10H. The predicted octanol–water partition coefficient (Wildman–Crippen LogP) is 0.0396. The van der Waals surface area contributed by atoms with Crippen LogP contribution in [0.3, 0.4) is 0 Å². The van der Waals surface area contributed by atoms with Gasteiger partial charge in [-0.2, -0.15) is 0 Å². The second-order valence-corrected chi connectivity index (χ2v) is 4.73. The normalized spacial score (nSPS) is 9.50.